The first-order valence-corrected chi connectivity index (χ1v) is 7.30. The average molecular weight is 255 g/mol. The number of aryl methyl sites for hydroxylation is 2. The highest BCUT2D eigenvalue weighted by Gasteiger charge is 2.25. The van der Waals surface area contributed by atoms with Crippen LogP contribution < -0.4 is 0 Å². The fraction of sp³-hybridized carbons (Fsp3) is 0.538. The highest BCUT2D eigenvalue weighted by atomic mass is 32.2. The first-order valence-electron chi connectivity index (χ1n) is 5.86. The van der Waals surface area contributed by atoms with Crippen molar-refractivity contribution >= 4 is 10.0 Å². The summed E-state index contributed by atoms with van der Waals surface area (Å²) in [4.78, 5) is 0.408. The Hall–Kier alpha value is -0.870. The Morgan fingerprint density at radius 3 is 2.35 bits per heavy atom. The van der Waals surface area contributed by atoms with Crippen molar-refractivity contribution in [2.45, 2.75) is 45.1 Å². The molecule has 17 heavy (non-hydrogen) atoms. The van der Waals surface area contributed by atoms with Gasteiger partial charge in [-0.3, -0.25) is 0 Å². The zero-order valence-electron chi connectivity index (χ0n) is 11.2. The van der Waals surface area contributed by atoms with Gasteiger partial charge in [0.2, 0.25) is 10.0 Å². The van der Waals surface area contributed by atoms with Crippen LogP contribution in [0, 0.1) is 13.8 Å². The molecule has 0 bridgehead atoms. The summed E-state index contributed by atoms with van der Waals surface area (Å²) >= 11 is 0. The quantitative estimate of drug-likeness (QED) is 0.829. The van der Waals surface area contributed by atoms with Crippen LogP contribution in [-0.4, -0.2) is 25.8 Å². The van der Waals surface area contributed by atoms with E-state index in [4.69, 9.17) is 0 Å². The molecule has 0 aliphatic rings. The van der Waals surface area contributed by atoms with E-state index in [0.717, 1.165) is 17.5 Å². The summed E-state index contributed by atoms with van der Waals surface area (Å²) in [5, 5.41) is 0. The molecule has 1 aromatic rings. The van der Waals surface area contributed by atoms with Gasteiger partial charge in [-0.2, -0.15) is 4.31 Å². The van der Waals surface area contributed by atoms with E-state index in [9.17, 15) is 8.42 Å². The van der Waals surface area contributed by atoms with E-state index < -0.39 is 10.0 Å². The number of nitrogens with zero attached hydrogens (tertiary/aromatic N) is 1. The second-order valence-electron chi connectivity index (χ2n) is 4.55. The Bertz CT molecular complexity index is 494. The third kappa shape index (κ3) is 2.87. The van der Waals surface area contributed by atoms with E-state index >= 15 is 0 Å². The highest BCUT2D eigenvalue weighted by molar-refractivity contribution is 7.89. The lowest BCUT2D eigenvalue weighted by Gasteiger charge is -2.24. The number of sulfonamides is 1. The van der Waals surface area contributed by atoms with Crippen molar-refractivity contribution in [1.29, 1.82) is 0 Å². The lowest BCUT2D eigenvalue weighted by molar-refractivity contribution is 0.380. The second-order valence-corrected chi connectivity index (χ2v) is 6.51. The van der Waals surface area contributed by atoms with Crippen LogP contribution in [0.5, 0.6) is 0 Å². The van der Waals surface area contributed by atoms with Crippen molar-refractivity contribution in [3.8, 4) is 0 Å². The van der Waals surface area contributed by atoms with E-state index in [0.29, 0.717) is 4.90 Å². The molecule has 3 nitrogen and oxygen atoms in total. The van der Waals surface area contributed by atoms with Gasteiger partial charge in [0.15, 0.2) is 0 Å². The molecular weight excluding hydrogens is 234 g/mol. The van der Waals surface area contributed by atoms with Crippen LogP contribution in [0.15, 0.2) is 23.1 Å². The summed E-state index contributed by atoms with van der Waals surface area (Å²) in [5.41, 5.74) is 1.88. The van der Waals surface area contributed by atoms with Crippen LogP contribution in [0.25, 0.3) is 0 Å². The summed E-state index contributed by atoms with van der Waals surface area (Å²) in [6.07, 6.45) is 0.806. The normalized spacial score (nSPS) is 14.0. The lowest BCUT2D eigenvalue weighted by Crippen LogP contribution is -2.34. The standard InChI is InChI=1S/C13H21NO2S/c1-6-12(4)14(5)17(15,16)13-8-7-10(2)9-11(13)3/h7-9,12H,6H2,1-5H3. The van der Waals surface area contributed by atoms with E-state index in [1.165, 1.54) is 4.31 Å². The summed E-state index contributed by atoms with van der Waals surface area (Å²) in [6.45, 7) is 7.70. The first-order chi connectivity index (χ1) is 7.80. The van der Waals surface area contributed by atoms with Gasteiger partial charge in [0.1, 0.15) is 0 Å². The van der Waals surface area contributed by atoms with Gasteiger partial charge in [-0.25, -0.2) is 8.42 Å². The molecule has 0 radical (unpaired) electrons. The molecule has 0 aliphatic carbocycles. The monoisotopic (exact) mass is 255 g/mol. The molecule has 1 unspecified atom stereocenters. The molecule has 0 aromatic heterocycles. The number of hydrogen-bond donors (Lipinski definition) is 0. The summed E-state index contributed by atoms with van der Waals surface area (Å²) in [7, 11) is -1.72. The molecule has 4 heteroatoms. The fourth-order valence-corrected chi connectivity index (χ4v) is 3.38. The van der Waals surface area contributed by atoms with Crippen LogP contribution in [0.4, 0.5) is 0 Å². The van der Waals surface area contributed by atoms with Gasteiger partial charge in [-0.15, -0.1) is 0 Å². The number of rotatable bonds is 4. The second kappa shape index (κ2) is 5.19. The van der Waals surface area contributed by atoms with Gasteiger partial charge in [-0.05, 0) is 38.8 Å². The van der Waals surface area contributed by atoms with Crippen molar-refractivity contribution in [1.82, 2.24) is 4.31 Å². The molecule has 1 atom stereocenters. The average Bonchev–Trinajstić information content (AvgIpc) is 2.26. The maximum absolute atomic E-state index is 12.4. The smallest absolute Gasteiger partial charge is 0.207 e. The first kappa shape index (κ1) is 14.2. The van der Waals surface area contributed by atoms with Gasteiger partial charge in [0.05, 0.1) is 4.90 Å². The lowest BCUT2D eigenvalue weighted by atomic mass is 10.2. The van der Waals surface area contributed by atoms with Gasteiger partial charge < -0.3 is 0 Å². The molecule has 0 amide bonds. The molecule has 0 heterocycles. The predicted molar refractivity (Wildman–Crippen MR) is 70.6 cm³/mol. The molecule has 0 fully saturated rings. The third-order valence-electron chi connectivity index (χ3n) is 3.20. The molecule has 96 valence electrons. The minimum atomic E-state index is -3.36. The Balaban J connectivity index is 3.22. The van der Waals surface area contributed by atoms with Crippen molar-refractivity contribution in [2.24, 2.45) is 0 Å². The van der Waals surface area contributed by atoms with Gasteiger partial charge >= 0.3 is 0 Å². The Morgan fingerprint density at radius 1 is 1.29 bits per heavy atom. The summed E-state index contributed by atoms with van der Waals surface area (Å²) < 4.78 is 26.2. The number of hydrogen-bond acceptors (Lipinski definition) is 2. The SMILES string of the molecule is CCC(C)N(C)S(=O)(=O)c1ccc(C)cc1C. The van der Waals surface area contributed by atoms with Crippen molar-refractivity contribution in [3.63, 3.8) is 0 Å². The molecule has 0 aliphatic heterocycles. The number of benzene rings is 1. The van der Waals surface area contributed by atoms with Crippen LogP contribution >= 0.6 is 0 Å². The van der Waals surface area contributed by atoms with Gasteiger partial charge in [-0.1, -0.05) is 24.6 Å². The van der Waals surface area contributed by atoms with Crippen LogP contribution in [0.1, 0.15) is 31.4 Å². The minimum Gasteiger partial charge on any atom is -0.207 e. The van der Waals surface area contributed by atoms with Gasteiger partial charge in [0.25, 0.3) is 0 Å². The van der Waals surface area contributed by atoms with Crippen LogP contribution in [0.2, 0.25) is 0 Å². The topological polar surface area (TPSA) is 37.4 Å². The maximum atomic E-state index is 12.4. The Kier molecular flexibility index (Phi) is 4.33. The molecule has 1 rings (SSSR count). The van der Waals surface area contributed by atoms with E-state index in [2.05, 4.69) is 0 Å². The van der Waals surface area contributed by atoms with Gasteiger partial charge in [0, 0.05) is 13.1 Å². The predicted octanol–water partition coefficient (Wildman–Crippen LogP) is 2.72. The zero-order valence-corrected chi connectivity index (χ0v) is 12.0. The molecule has 0 spiro atoms. The van der Waals surface area contributed by atoms with Crippen molar-refractivity contribution < 1.29 is 8.42 Å². The summed E-state index contributed by atoms with van der Waals surface area (Å²) in [6, 6.07) is 5.45. The fourth-order valence-electron chi connectivity index (χ4n) is 1.74. The van der Waals surface area contributed by atoms with E-state index in [-0.39, 0.29) is 6.04 Å². The third-order valence-corrected chi connectivity index (χ3v) is 5.33. The Morgan fingerprint density at radius 2 is 1.88 bits per heavy atom. The molecule has 1 aromatic carbocycles. The zero-order chi connectivity index (χ0) is 13.2. The van der Waals surface area contributed by atoms with Crippen LogP contribution in [-0.2, 0) is 10.0 Å². The Labute approximate surface area is 105 Å². The molecule has 0 saturated carbocycles. The minimum absolute atomic E-state index is 0.0145. The summed E-state index contributed by atoms with van der Waals surface area (Å²) in [5.74, 6) is 0. The van der Waals surface area contributed by atoms with E-state index in [1.54, 1.807) is 13.1 Å². The largest absolute Gasteiger partial charge is 0.243 e. The van der Waals surface area contributed by atoms with E-state index in [1.807, 2.05) is 39.8 Å². The molecule has 0 N–H and O–H groups in total. The molecular formula is C13H21NO2S. The highest BCUT2D eigenvalue weighted by Crippen LogP contribution is 2.22. The van der Waals surface area contributed by atoms with Crippen molar-refractivity contribution in [3.05, 3.63) is 29.3 Å². The molecule has 0 saturated heterocycles. The van der Waals surface area contributed by atoms with Crippen molar-refractivity contribution in [2.75, 3.05) is 7.05 Å². The van der Waals surface area contributed by atoms with Crippen LogP contribution in [0.3, 0.4) is 0 Å². The maximum Gasteiger partial charge on any atom is 0.243 e.